The molecule has 0 atom stereocenters. The van der Waals surface area contributed by atoms with E-state index in [2.05, 4.69) is 10.3 Å². The monoisotopic (exact) mass is 299 g/mol. The van der Waals surface area contributed by atoms with Gasteiger partial charge < -0.3 is 10.4 Å². The van der Waals surface area contributed by atoms with Gasteiger partial charge in [-0.15, -0.1) is 11.3 Å². The second kappa shape index (κ2) is 4.86. The lowest BCUT2D eigenvalue weighted by Gasteiger charge is -2.32. The Bertz CT molecular complexity index is 661. The lowest BCUT2D eigenvalue weighted by molar-refractivity contribution is -0.00627. The molecule has 19 heavy (non-hydrogen) atoms. The third-order valence-corrected chi connectivity index (χ3v) is 4.74. The van der Waals surface area contributed by atoms with Crippen molar-refractivity contribution in [2.45, 2.75) is 25.0 Å². The average Bonchev–Trinajstić information content (AvgIpc) is 2.76. The maximum absolute atomic E-state index is 12.3. The molecule has 1 aliphatic heterocycles. The summed E-state index contributed by atoms with van der Waals surface area (Å²) in [6, 6.07) is 0. The van der Waals surface area contributed by atoms with E-state index in [1.54, 1.807) is 5.38 Å². The SMILES string of the molecule is O=c1c2csc(Cl)c2ncn1CC1(O)CCNCC1. The predicted octanol–water partition coefficient (Wildman–Crippen LogP) is 1.23. The third-order valence-electron chi connectivity index (χ3n) is 3.54. The second-order valence-electron chi connectivity index (χ2n) is 4.92. The van der Waals surface area contributed by atoms with Gasteiger partial charge in [0.1, 0.15) is 9.85 Å². The van der Waals surface area contributed by atoms with Crippen LogP contribution >= 0.6 is 22.9 Å². The Morgan fingerprint density at radius 1 is 1.53 bits per heavy atom. The van der Waals surface area contributed by atoms with E-state index in [4.69, 9.17) is 11.6 Å². The van der Waals surface area contributed by atoms with Crippen LogP contribution in [0.5, 0.6) is 0 Å². The summed E-state index contributed by atoms with van der Waals surface area (Å²) in [5, 5.41) is 15.9. The summed E-state index contributed by atoms with van der Waals surface area (Å²) in [7, 11) is 0. The van der Waals surface area contributed by atoms with Crippen molar-refractivity contribution in [1.82, 2.24) is 14.9 Å². The van der Waals surface area contributed by atoms with Crippen LogP contribution in [-0.2, 0) is 6.54 Å². The van der Waals surface area contributed by atoms with Gasteiger partial charge in [-0.25, -0.2) is 4.98 Å². The minimum Gasteiger partial charge on any atom is -0.388 e. The summed E-state index contributed by atoms with van der Waals surface area (Å²) < 4.78 is 2.01. The Morgan fingerprint density at radius 3 is 3.00 bits per heavy atom. The van der Waals surface area contributed by atoms with Crippen molar-refractivity contribution in [3.63, 3.8) is 0 Å². The normalized spacial score (nSPS) is 18.8. The van der Waals surface area contributed by atoms with Crippen LogP contribution in [0.25, 0.3) is 10.9 Å². The van der Waals surface area contributed by atoms with Crippen LogP contribution in [0.3, 0.4) is 0 Å². The first-order chi connectivity index (χ1) is 9.09. The average molecular weight is 300 g/mol. The zero-order chi connectivity index (χ0) is 13.5. The number of halogens is 1. The van der Waals surface area contributed by atoms with Gasteiger partial charge in [0, 0.05) is 5.38 Å². The summed E-state index contributed by atoms with van der Waals surface area (Å²) in [5.41, 5.74) is -0.421. The first-order valence-corrected chi connectivity index (χ1v) is 7.40. The van der Waals surface area contributed by atoms with E-state index in [1.807, 2.05) is 0 Å². The summed E-state index contributed by atoms with van der Waals surface area (Å²) in [6.45, 7) is 1.82. The highest BCUT2D eigenvalue weighted by Crippen LogP contribution is 2.26. The molecule has 5 nitrogen and oxygen atoms in total. The minimum atomic E-state index is -0.829. The van der Waals surface area contributed by atoms with Crippen LogP contribution in [0, 0.1) is 0 Å². The molecule has 2 N–H and O–H groups in total. The van der Waals surface area contributed by atoms with E-state index in [0.29, 0.717) is 28.1 Å². The lowest BCUT2D eigenvalue weighted by atomic mass is 9.92. The number of piperidine rings is 1. The van der Waals surface area contributed by atoms with Crippen LogP contribution in [0.15, 0.2) is 16.5 Å². The Kier molecular flexibility index (Phi) is 3.34. The van der Waals surface area contributed by atoms with Crippen molar-refractivity contribution in [3.8, 4) is 0 Å². The quantitative estimate of drug-likeness (QED) is 0.875. The van der Waals surface area contributed by atoms with Crippen LogP contribution < -0.4 is 10.9 Å². The van der Waals surface area contributed by atoms with Crippen LogP contribution in [0.4, 0.5) is 0 Å². The van der Waals surface area contributed by atoms with E-state index in [-0.39, 0.29) is 12.1 Å². The van der Waals surface area contributed by atoms with Crippen molar-refractivity contribution in [2.24, 2.45) is 0 Å². The second-order valence-corrected chi connectivity index (χ2v) is 6.41. The van der Waals surface area contributed by atoms with Gasteiger partial charge in [0.25, 0.3) is 5.56 Å². The fourth-order valence-corrected chi connectivity index (χ4v) is 3.41. The van der Waals surface area contributed by atoms with Crippen LogP contribution in [-0.4, -0.2) is 33.3 Å². The van der Waals surface area contributed by atoms with Gasteiger partial charge in [0.05, 0.1) is 23.9 Å². The first kappa shape index (κ1) is 13.1. The zero-order valence-electron chi connectivity index (χ0n) is 10.2. The molecule has 0 radical (unpaired) electrons. The van der Waals surface area contributed by atoms with Crippen LogP contribution in [0.2, 0.25) is 4.34 Å². The molecule has 2 aromatic heterocycles. The fraction of sp³-hybridized carbons (Fsp3) is 0.500. The molecule has 0 aromatic carbocycles. The Hall–Kier alpha value is -0.950. The van der Waals surface area contributed by atoms with Gasteiger partial charge in [0.2, 0.25) is 0 Å². The molecule has 7 heteroatoms. The maximum Gasteiger partial charge on any atom is 0.262 e. The minimum absolute atomic E-state index is 0.139. The topological polar surface area (TPSA) is 67.2 Å². The molecule has 0 amide bonds. The van der Waals surface area contributed by atoms with E-state index in [9.17, 15) is 9.90 Å². The van der Waals surface area contributed by atoms with Gasteiger partial charge in [-0.05, 0) is 25.9 Å². The van der Waals surface area contributed by atoms with Crippen molar-refractivity contribution in [1.29, 1.82) is 0 Å². The molecule has 0 spiro atoms. The van der Waals surface area contributed by atoms with Crippen molar-refractivity contribution in [3.05, 3.63) is 26.4 Å². The van der Waals surface area contributed by atoms with Gasteiger partial charge in [-0.2, -0.15) is 0 Å². The Balaban J connectivity index is 1.97. The Labute approximate surface area is 118 Å². The lowest BCUT2D eigenvalue weighted by Crippen LogP contribution is -2.46. The molecule has 2 aromatic rings. The molecule has 1 fully saturated rings. The first-order valence-electron chi connectivity index (χ1n) is 6.14. The molecule has 102 valence electrons. The van der Waals surface area contributed by atoms with Gasteiger partial charge in [0.15, 0.2) is 0 Å². The largest absolute Gasteiger partial charge is 0.388 e. The summed E-state index contributed by atoms with van der Waals surface area (Å²) in [4.78, 5) is 16.5. The highest BCUT2D eigenvalue weighted by atomic mass is 35.5. The molecule has 3 rings (SSSR count). The molecule has 3 heterocycles. The number of hydrogen-bond acceptors (Lipinski definition) is 5. The summed E-state index contributed by atoms with van der Waals surface area (Å²) >= 11 is 7.27. The Morgan fingerprint density at radius 2 is 2.26 bits per heavy atom. The van der Waals surface area contributed by atoms with Crippen molar-refractivity contribution in [2.75, 3.05) is 13.1 Å². The van der Waals surface area contributed by atoms with Crippen molar-refractivity contribution >= 4 is 33.8 Å². The maximum atomic E-state index is 12.3. The van der Waals surface area contributed by atoms with Gasteiger partial charge in [-0.1, -0.05) is 11.6 Å². The number of nitrogens with zero attached hydrogens (tertiary/aromatic N) is 2. The van der Waals surface area contributed by atoms with Gasteiger partial charge >= 0.3 is 0 Å². The molecule has 0 saturated carbocycles. The van der Waals surface area contributed by atoms with Crippen LogP contribution in [0.1, 0.15) is 12.8 Å². The summed E-state index contributed by atoms with van der Waals surface area (Å²) in [6.07, 6.45) is 2.76. The molecule has 0 bridgehead atoms. The fourth-order valence-electron chi connectivity index (χ4n) is 2.41. The van der Waals surface area contributed by atoms with E-state index < -0.39 is 5.60 Å². The molecule has 1 saturated heterocycles. The standard InChI is InChI=1S/C12H14ClN3O2S/c13-10-9-8(5-19-10)11(17)16(7-15-9)6-12(18)1-3-14-4-2-12/h5,7,14,18H,1-4,6H2. The smallest absolute Gasteiger partial charge is 0.262 e. The third kappa shape index (κ3) is 2.41. The molecule has 1 aliphatic rings. The molecular weight excluding hydrogens is 286 g/mol. The highest BCUT2D eigenvalue weighted by Gasteiger charge is 2.30. The highest BCUT2D eigenvalue weighted by molar-refractivity contribution is 7.16. The number of nitrogens with one attached hydrogen (secondary N) is 1. The zero-order valence-corrected chi connectivity index (χ0v) is 11.8. The molecular formula is C12H14ClN3O2S. The predicted molar refractivity (Wildman–Crippen MR) is 75.9 cm³/mol. The number of fused-ring (bicyclic) bond motifs is 1. The summed E-state index contributed by atoms with van der Waals surface area (Å²) in [5.74, 6) is 0. The number of aromatic nitrogens is 2. The number of rotatable bonds is 2. The van der Waals surface area contributed by atoms with E-state index in [0.717, 1.165) is 13.1 Å². The van der Waals surface area contributed by atoms with Crippen molar-refractivity contribution < 1.29 is 5.11 Å². The number of hydrogen-bond donors (Lipinski definition) is 2. The molecule has 0 aliphatic carbocycles. The van der Waals surface area contributed by atoms with E-state index >= 15 is 0 Å². The van der Waals surface area contributed by atoms with E-state index in [1.165, 1.54) is 22.2 Å². The number of thiophene rings is 1. The van der Waals surface area contributed by atoms with Gasteiger partial charge in [-0.3, -0.25) is 9.36 Å². The number of aliphatic hydroxyl groups is 1. The molecule has 0 unspecified atom stereocenters.